The predicted molar refractivity (Wildman–Crippen MR) is 78.9 cm³/mol. The van der Waals surface area contributed by atoms with Crippen molar-refractivity contribution in [1.29, 1.82) is 0 Å². The Morgan fingerprint density at radius 1 is 1.13 bits per heavy atom. The van der Waals surface area contributed by atoms with Crippen LogP contribution >= 0.6 is 0 Å². The number of carbonyl (C=O) groups is 2. The van der Waals surface area contributed by atoms with Crippen LogP contribution in [0, 0.1) is 0 Å². The molecular weight excluding hydrogens is 306 g/mol. The molecule has 0 aliphatic heterocycles. The highest BCUT2D eigenvalue weighted by atomic mass is 16.5. The van der Waals surface area contributed by atoms with E-state index < -0.39 is 11.9 Å². The van der Waals surface area contributed by atoms with Crippen molar-refractivity contribution in [2.45, 2.75) is 0 Å². The molecule has 0 aliphatic rings. The zero-order valence-electron chi connectivity index (χ0n) is 13.0. The lowest BCUT2D eigenvalue weighted by Gasteiger charge is -2.14. The molecule has 122 valence electrons. The van der Waals surface area contributed by atoms with Crippen molar-refractivity contribution in [2.24, 2.45) is 0 Å². The van der Waals surface area contributed by atoms with Crippen molar-refractivity contribution >= 4 is 28.8 Å². The summed E-state index contributed by atoms with van der Waals surface area (Å²) in [7, 11) is 5.19. The van der Waals surface area contributed by atoms with Gasteiger partial charge in [-0.25, -0.2) is 14.6 Å². The van der Waals surface area contributed by atoms with E-state index in [1.807, 2.05) is 0 Å². The molecule has 2 aromatic heterocycles. The Labute approximate surface area is 131 Å². The standard InChI is InChI=1S/C15H15NO7/c1-19-9(7-10(17)20-2)11-12(15(18)22-4)16-14-8(5-6-23-14)13(11)21-3/h5-7H,1-4H3/b9-7+. The summed E-state index contributed by atoms with van der Waals surface area (Å²) in [5.74, 6) is -1.08. The van der Waals surface area contributed by atoms with Crippen LogP contribution in [0.5, 0.6) is 5.75 Å². The Morgan fingerprint density at radius 3 is 2.43 bits per heavy atom. The van der Waals surface area contributed by atoms with Gasteiger partial charge in [0.05, 0.1) is 51.7 Å². The van der Waals surface area contributed by atoms with Gasteiger partial charge >= 0.3 is 11.9 Å². The van der Waals surface area contributed by atoms with Crippen molar-refractivity contribution < 1.29 is 33.0 Å². The van der Waals surface area contributed by atoms with Crippen molar-refractivity contribution in [3.05, 3.63) is 29.7 Å². The molecule has 2 heterocycles. The highest BCUT2D eigenvalue weighted by molar-refractivity contribution is 6.02. The van der Waals surface area contributed by atoms with Crippen LogP contribution in [0.1, 0.15) is 16.1 Å². The number of ether oxygens (including phenoxy) is 4. The molecule has 0 N–H and O–H groups in total. The summed E-state index contributed by atoms with van der Waals surface area (Å²) in [5, 5.41) is 0.517. The summed E-state index contributed by atoms with van der Waals surface area (Å²) in [6.45, 7) is 0. The molecule has 0 fully saturated rings. The van der Waals surface area contributed by atoms with E-state index in [1.165, 1.54) is 34.7 Å². The lowest BCUT2D eigenvalue weighted by molar-refractivity contribution is -0.134. The van der Waals surface area contributed by atoms with Gasteiger partial charge in [0.1, 0.15) is 11.5 Å². The van der Waals surface area contributed by atoms with Crippen LogP contribution in [0.15, 0.2) is 22.8 Å². The number of hydrogen-bond donors (Lipinski definition) is 0. The monoisotopic (exact) mass is 321 g/mol. The van der Waals surface area contributed by atoms with Crippen LogP contribution in [0.3, 0.4) is 0 Å². The van der Waals surface area contributed by atoms with E-state index in [0.717, 1.165) is 6.08 Å². The minimum atomic E-state index is -0.732. The molecule has 8 heteroatoms. The third-order valence-electron chi connectivity index (χ3n) is 3.07. The minimum absolute atomic E-state index is 0.0460. The molecule has 2 rings (SSSR count). The highest BCUT2D eigenvalue weighted by Gasteiger charge is 2.27. The van der Waals surface area contributed by atoms with Gasteiger partial charge in [-0.1, -0.05) is 0 Å². The molecule has 0 amide bonds. The zero-order valence-corrected chi connectivity index (χ0v) is 13.0. The molecule has 0 aromatic carbocycles. The summed E-state index contributed by atoms with van der Waals surface area (Å²) in [4.78, 5) is 27.7. The maximum Gasteiger partial charge on any atom is 0.357 e. The first kappa shape index (κ1) is 16.3. The number of rotatable bonds is 5. The number of esters is 2. The van der Waals surface area contributed by atoms with Gasteiger partial charge in [-0.05, 0) is 6.07 Å². The van der Waals surface area contributed by atoms with Crippen LogP contribution in [-0.2, 0) is 19.0 Å². The maximum absolute atomic E-state index is 12.1. The van der Waals surface area contributed by atoms with Crippen molar-refractivity contribution in [3.8, 4) is 5.75 Å². The highest BCUT2D eigenvalue weighted by Crippen LogP contribution is 2.36. The average molecular weight is 321 g/mol. The maximum atomic E-state index is 12.1. The average Bonchev–Trinajstić information content (AvgIpc) is 3.05. The lowest BCUT2D eigenvalue weighted by atomic mass is 10.1. The van der Waals surface area contributed by atoms with Crippen LogP contribution < -0.4 is 4.74 Å². The Kier molecular flexibility index (Phi) is 4.85. The van der Waals surface area contributed by atoms with E-state index in [4.69, 9.17) is 18.6 Å². The predicted octanol–water partition coefficient (Wildman–Crippen LogP) is 1.78. The second-order valence-electron chi connectivity index (χ2n) is 4.24. The molecule has 0 saturated heterocycles. The van der Waals surface area contributed by atoms with Crippen LogP contribution in [0.4, 0.5) is 0 Å². The second kappa shape index (κ2) is 6.82. The molecule has 0 saturated carbocycles. The van der Waals surface area contributed by atoms with Gasteiger partial charge < -0.3 is 23.4 Å². The fraction of sp³-hybridized carbons (Fsp3) is 0.267. The quantitative estimate of drug-likeness (QED) is 0.467. The first-order valence-corrected chi connectivity index (χ1v) is 6.44. The van der Waals surface area contributed by atoms with Crippen LogP contribution in [0.2, 0.25) is 0 Å². The molecule has 8 nitrogen and oxygen atoms in total. The summed E-state index contributed by atoms with van der Waals surface area (Å²) in [6.07, 6.45) is 2.49. The third kappa shape index (κ3) is 2.96. The summed E-state index contributed by atoms with van der Waals surface area (Å²) < 4.78 is 25.1. The number of aromatic nitrogens is 1. The Balaban J connectivity index is 2.83. The first-order valence-electron chi connectivity index (χ1n) is 6.44. The molecule has 0 atom stereocenters. The number of hydrogen-bond acceptors (Lipinski definition) is 8. The number of methoxy groups -OCH3 is 4. The SMILES string of the molecule is COC(=O)/C=C(/OC)c1c(C(=O)OC)nc2occc2c1OC. The van der Waals surface area contributed by atoms with Gasteiger partial charge in [-0.3, -0.25) is 0 Å². The van der Waals surface area contributed by atoms with Crippen LogP contribution in [0.25, 0.3) is 16.9 Å². The molecule has 0 aliphatic carbocycles. The van der Waals surface area contributed by atoms with Gasteiger partial charge in [0.2, 0.25) is 5.71 Å². The summed E-state index contributed by atoms with van der Waals surface area (Å²) >= 11 is 0. The van der Waals surface area contributed by atoms with Crippen LogP contribution in [-0.4, -0.2) is 45.4 Å². The second-order valence-corrected chi connectivity index (χ2v) is 4.24. The fourth-order valence-corrected chi connectivity index (χ4v) is 2.04. The van der Waals surface area contributed by atoms with Gasteiger partial charge in [0, 0.05) is 0 Å². The first-order chi connectivity index (χ1) is 11.1. The molecule has 23 heavy (non-hydrogen) atoms. The largest absolute Gasteiger partial charge is 0.496 e. The summed E-state index contributed by atoms with van der Waals surface area (Å²) in [6, 6.07) is 1.62. The molecule has 2 aromatic rings. The molecular formula is C15H15NO7. The normalized spacial score (nSPS) is 11.2. The third-order valence-corrected chi connectivity index (χ3v) is 3.07. The Morgan fingerprint density at radius 2 is 1.87 bits per heavy atom. The fourth-order valence-electron chi connectivity index (χ4n) is 2.04. The zero-order chi connectivity index (χ0) is 17.0. The van der Waals surface area contributed by atoms with E-state index in [-0.39, 0.29) is 28.5 Å². The summed E-state index contributed by atoms with van der Waals surface area (Å²) in [5.41, 5.74) is 0.254. The smallest absolute Gasteiger partial charge is 0.357 e. The number of furan rings is 1. The van der Waals surface area contributed by atoms with Gasteiger partial charge in [0.25, 0.3) is 0 Å². The number of pyridine rings is 1. The molecule has 0 spiro atoms. The van der Waals surface area contributed by atoms with Gasteiger partial charge in [-0.15, -0.1) is 0 Å². The van der Waals surface area contributed by atoms with Crippen molar-refractivity contribution in [1.82, 2.24) is 4.98 Å². The van der Waals surface area contributed by atoms with E-state index >= 15 is 0 Å². The Bertz CT molecular complexity index is 775. The number of nitrogens with zero attached hydrogens (tertiary/aromatic N) is 1. The van der Waals surface area contributed by atoms with E-state index in [9.17, 15) is 9.59 Å². The van der Waals surface area contributed by atoms with E-state index in [2.05, 4.69) is 9.72 Å². The van der Waals surface area contributed by atoms with Crippen molar-refractivity contribution in [2.75, 3.05) is 28.4 Å². The topological polar surface area (TPSA) is 97.1 Å². The lowest BCUT2D eigenvalue weighted by Crippen LogP contribution is -2.11. The van der Waals surface area contributed by atoms with Gasteiger partial charge in [-0.2, -0.15) is 0 Å². The van der Waals surface area contributed by atoms with Gasteiger partial charge in [0.15, 0.2) is 5.69 Å². The molecule has 0 radical (unpaired) electrons. The van der Waals surface area contributed by atoms with E-state index in [1.54, 1.807) is 6.07 Å². The van der Waals surface area contributed by atoms with E-state index in [0.29, 0.717) is 5.39 Å². The minimum Gasteiger partial charge on any atom is -0.496 e. The molecule has 0 bridgehead atoms. The number of fused-ring (bicyclic) bond motifs is 1. The number of carbonyl (C=O) groups excluding carboxylic acids is 2. The Hall–Kier alpha value is -3.03. The molecule has 0 unspecified atom stereocenters. The van der Waals surface area contributed by atoms with Crippen molar-refractivity contribution in [3.63, 3.8) is 0 Å².